The highest BCUT2D eigenvalue weighted by Gasteiger charge is 2.37. The molecule has 0 aromatic heterocycles. The minimum atomic E-state index is 0. The van der Waals surface area contributed by atoms with Crippen molar-refractivity contribution in [2.24, 2.45) is 17.8 Å². The number of hydrogen-bond donors (Lipinski definition) is 1. The van der Waals surface area contributed by atoms with E-state index in [1.807, 2.05) is 0 Å². The molecule has 2 heterocycles. The zero-order valence-electron chi connectivity index (χ0n) is 10.2. The lowest BCUT2D eigenvalue weighted by Crippen LogP contribution is -2.31. The molecule has 94 valence electrons. The summed E-state index contributed by atoms with van der Waals surface area (Å²) < 4.78 is 0. The van der Waals surface area contributed by atoms with Crippen molar-refractivity contribution in [3.05, 3.63) is 0 Å². The second-order valence-corrected chi connectivity index (χ2v) is 5.41. The lowest BCUT2D eigenvalue weighted by atomic mass is 10.0. The molecule has 2 aliphatic heterocycles. The standard InChI is InChI=1S/C12H22N2O.ClH/c1-9(2)3-4-12(15)14-7-10-5-13-6-11(10)8-14;/h9-11,13H,3-8H2,1-2H3;1H/t10-,11+;. The Hall–Kier alpha value is -0.280. The molecule has 3 nitrogen and oxygen atoms in total. The largest absolute Gasteiger partial charge is 0.342 e. The second kappa shape index (κ2) is 5.87. The molecule has 0 bridgehead atoms. The van der Waals surface area contributed by atoms with Crippen molar-refractivity contribution < 1.29 is 4.79 Å². The molecule has 0 aromatic carbocycles. The molecule has 2 fully saturated rings. The van der Waals surface area contributed by atoms with Crippen LogP contribution in [0.15, 0.2) is 0 Å². The molecule has 0 aliphatic carbocycles. The number of hydrogen-bond acceptors (Lipinski definition) is 2. The van der Waals surface area contributed by atoms with Gasteiger partial charge in [-0.15, -0.1) is 12.4 Å². The highest BCUT2D eigenvalue weighted by molar-refractivity contribution is 5.85. The number of fused-ring (bicyclic) bond motifs is 1. The van der Waals surface area contributed by atoms with Gasteiger partial charge in [0.25, 0.3) is 0 Å². The normalized spacial score (nSPS) is 28.1. The SMILES string of the molecule is CC(C)CCC(=O)N1C[C@H]2CNC[C@H]2C1.Cl. The molecule has 2 saturated heterocycles. The van der Waals surface area contributed by atoms with Crippen LogP contribution < -0.4 is 5.32 Å². The van der Waals surface area contributed by atoms with Crippen LogP contribution in [0.5, 0.6) is 0 Å². The number of nitrogens with zero attached hydrogens (tertiary/aromatic N) is 1. The van der Waals surface area contributed by atoms with Gasteiger partial charge < -0.3 is 10.2 Å². The number of amides is 1. The van der Waals surface area contributed by atoms with E-state index >= 15 is 0 Å². The van der Waals surface area contributed by atoms with E-state index in [1.54, 1.807) is 0 Å². The van der Waals surface area contributed by atoms with Crippen LogP contribution in [-0.4, -0.2) is 37.0 Å². The van der Waals surface area contributed by atoms with Crippen LogP contribution in [0, 0.1) is 17.8 Å². The first kappa shape index (κ1) is 13.8. The van der Waals surface area contributed by atoms with Crippen molar-refractivity contribution in [2.75, 3.05) is 26.2 Å². The quantitative estimate of drug-likeness (QED) is 0.819. The Kier molecular flexibility index (Phi) is 5.06. The fourth-order valence-electron chi connectivity index (χ4n) is 2.63. The van der Waals surface area contributed by atoms with E-state index in [2.05, 4.69) is 24.1 Å². The van der Waals surface area contributed by atoms with Crippen molar-refractivity contribution >= 4 is 18.3 Å². The summed E-state index contributed by atoms with van der Waals surface area (Å²) in [6.45, 7) is 8.56. The van der Waals surface area contributed by atoms with Crippen molar-refractivity contribution in [2.45, 2.75) is 26.7 Å². The molecule has 4 heteroatoms. The summed E-state index contributed by atoms with van der Waals surface area (Å²) in [7, 11) is 0. The fourth-order valence-corrected chi connectivity index (χ4v) is 2.63. The highest BCUT2D eigenvalue weighted by atomic mass is 35.5. The van der Waals surface area contributed by atoms with Crippen molar-refractivity contribution in [1.29, 1.82) is 0 Å². The minimum absolute atomic E-state index is 0. The first-order valence-electron chi connectivity index (χ1n) is 6.15. The lowest BCUT2D eigenvalue weighted by Gasteiger charge is -2.17. The van der Waals surface area contributed by atoms with Crippen molar-refractivity contribution in [3.63, 3.8) is 0 Å². The monoisotopic (exact) mass is 246 g/mol. The third-order valence-electron chi connectivity index (χ3n) is 3.68. The number of carbonyl (C=O) groups is 1. The Morgan fingerprint density at radius 2 is 1.88 bits per heavy atom. The molecule has 2 rings (SSSR count). The number of rotatable bonds is 3. The van der Waals surface area contributed by atoms with E-state index in [1.165, 1.54) is 0 Å². The van der Waals surface area contributed by atoms with Gasteiger partial charge in [-0.3, -0.25) is 4.79 Å². The average Bonchev–Trinajstić information content (AvgIpc) is 2.72. The summed E-state index contributed by atoms with van der Waals surface area (Å²) in [5.74, 6) is 2.47. The third-order valence-corrected chi connectivity index (χ3v) is 3.68. The van der Waals surface area contributed by atoms with E-state index < -0.39 is 0 Å². The molecule has 0 unspecified atom stereocenters. The Bertz CT molecular complexity index is 233. The lowest BCUT2D eigenvalue weighted by molar-refractivity contribution is -0.130. The third kappa shape index (κ3) is 3.11. The van der Waals surface area contributed by atoms with Crippen LogP contribution in [0.3, 0.4) is 0 Å². The van der Waals surface area contributed by atoms with Crippen LogP contribution in [0.2, 0.25) is 0 Å². The number of halogens is 1. The molecule has 2 atom stereocenters. The Labute approximate surface area is 104 Å². The van der Waals surface area contributed by atoms with Gasteiger partial charge in [0, 0.05) is 32.6 Å². The summed E-state index contributed by atoms with van der Waals surface area (Å²) in [5.41, 5.74) is 0. The maximum atomic E-state index is 11.9. The number of nitrogens with one attached hydrogen (secondary N) is 1. The molecule has 1 N–H and O–H groups in total. The molecule has 1 amide bonds. The number of carbonyl (C=O) groups excluding carboxylic acids is 1. The summed E-state index contributed by atoms with van der Waals surface area (Å²) in [6, 6.07) is 0. The van der Waals surface area contributed by atoms with Crippen molar-refractivity contribution in [1.82, 2.24) is 10.2 Å². The van der Waals surface area contributed by atoms with E-state index in [-0.39, 0.29) is 12.4 Å². The topological polar surface area (TPSA) is 32.3 Å². The predicted octanol–water partition coefficient (Wildman–Crippen LogP) is 1.52. The van der Waals surface area contributed by atoms with Gasteiger partial charge in [0.15, 0.2) is 0 Å². The molecular weight excluding hydrogens is 224 g/mol. The molecular formula is C12H23ClN2O. The van der Waals surface area contributed by atoms with Crippen LogP contribution >= 0.6 is 12.4 Å². The molecule has 0 spiro atoms. The van der Waals surface area contributed by atoms with Crippen LogP contribution in [-0.2, 0) is 4.79 Å². The zero-order valence-corrected chi connectivity index (χ0v) is 11.1. The summed E-state index contributed by atoms with van der Waals surface area (Å²) in [5, 5.41) is 3.40. The van der Waals surface area contributed by atoms with Crippen molar-refractivity contribution in [3.8, 4) is 0 Å². The van der Waals surface area contributed by atoms with Gasteiger partial charge in [0.05, 0.1) is 0 Å². The van der Waals surface area contributed by atoms with Gasteiger partial charge in [0.2, 0.25) is 5.91 Å². The van der Waals surface area contributed by atoms with E-state index in [4.69, 9.17) is 0 Å². The van der Waals surface area contributed by atoms with E-state index in [0.29, 0.717) is 11.8 Å². The highest BCUT2D eigenvalue weighted by Crippen LogP contribution is 2.26. The second-order valence-electron chi connectivity index (χ2n) is 5.41. The summed E-state index contributed by atoms with van der Waals surface area (Å²) in [6.07, 6.45) is 1.77. The number of likely N-dealkylation sites (tertiary alicyclic amines) is 1. The molecule has 0 radical (unpaired) electrons. The van der Waals surface area contributed by atoms with Gasteiger partial charge in [0.1, 0.15) is 0 Å². The fraction of sp³-hybridized carbons (Fsp3) is 0.917. The van der Waals surface area contributed by atoms with Gasteiger partial charge in [-0.25, -0.2) is 0 Å². The maximum absolute atomic E-state index is 11.9. The van der Waals surface area contributed by atoms with Gasteiger partial charge in [-0.1, -0.05) is 13.8 Å². The Balaban J connectivity index is 0.00000128. The Morgan fingerprint density at radius 1 is 1.31 bits per heavy atom. The van der Waals surface area contributed by atoms with Crippen LogP contribution in [0.4, 0.5) is 0 Å². The average molecular weight is 247 g/mol. The summed E-state index contributed by atoms with van der Waals surface area (Å²) >= 11 is 0. The first-order chi connectivity index (χ1) is 7.16. The van der Waals surface area contributed by atoms with E-state index in [0.717, 1.165) is 50.9 Å². The van der Waals surface area contributed by atoms with Gasteiger partial charge in [-0.2, -0.15) is 0 Å². The first-order valence-corrected chi connectivity index (χ1v) is 6.15. The van der Waals surface area contributed by atoms with Gasteiger partial charge >= 0.3 is 0 Å². The van der Waals surface area contributed by atoms with Crippen LogP contribution in [0.25, 0.3) is 0 Å². The smallest absolute Gasteiger partial charge is 0.222 e. The molecule has 16 heavy (non-hydrogen) atoms. The molecule has 0 saturated carbocycles. The predicted molar refractivity (Wildman–Crippen MR) is 67.7 cm³/mol. The molecule has 0 aromatic rings. The zero-order chi connectivity index (χ0) is 10.8. The van der Waals surface area contributed by atoms with E-state index in [9.17, 15) is 4.79 Å². The summed E-state index contributed by atoms with van der Waals surface area (Å²) in [4.78, 5) is 14.0. The van der Waals surface area contributed by atoms with Gasteiger partial charge in [-0.05, 0) is 24.2 Å². The maximum Gasteiger partial charge on any atom is 0.222 e. The molecule has 2 aliphatic rings. The Morgan fingerprint density at radius 3 is 2.38 bits per heavy atom. The van der Waals surface area contributed by atoms with Crippen LogP contribution in [0.1, 0.15) is 26.7 Å². The minimum Gasteiger partial charge on any atom is -0.342 e.